The lowest BCUT2D eigenvalue weighted by atomic mass is 9.87. The van der Waals surface area contributed by atoms with E-state index in [4.69, 9.17) is 17.3 Å². The van der Waals surface area contributed by atoms with Crippen LogP contribution in [0.4, 0.5) is 0 Å². The molecule has 0 aliphatic carbocycles. The van der Waals surface area contributed by atoms with Crippen LogP contribution in [0, 0.1) is 0 Å². The van der Waals surface area contributed by atoms with Crippen molar-refractivity contribution in [3.8, 4) is 0 Å². The largest absolute Gasteiger partial charge is 0.478 e. The van der Waals surface area contributed by atoms with Crippen LogP contribution in [0.3, 0.4) is 0 Å². The Morgan fingerprint density at radius 1 is 1.00 bits per heavy atom. The first-order chi connectivity index (χ1) is 11.8. The molecule has 0 heterocycles. The molecule has 0 unspecified atom stereocenters. The molecule has 0 atom stereocenters. The van der Waals surface area contributed by atoms with E-state index < -0.39 is 5.97 Å². The minimum Gasteiger partial charge on any atom is -0.478 e. The molecule has 0 amide bonds. The van der Waals surface area contributed by atoms with E-state index in [-0.39, 0.29) is 11.0 Å². The SMILES string of the molecule is CC(C)(C)c1ccc(CNC(=S)NCc2cccc(C(=O)O)c2)cc1. The topological polar surface area (TPSA) is 61.4 Å². The average Bonchev–Trinajstić information content (AvgIpc) is 2.58. The fourth-order valence-electron chi connectivity index (χ4n) is 2.36. The first-order valence-corrected chi connectivity index (χ1v) is 8.60. The van der Waals surface area contributed by atoms with Crippen LogP contribution in [0.2, 0.25) is 0 Å². The van der Waals surface area contributed by atoms with Crippen molar-refractivity contribution in [3.63, 3.8) is 0 Å². The summed E-state index contributed by atoms with van der Waals surface area (Å²) in [6, 6.07) is 15.3. The molecule has 0 radical (unpaired) electrons. The lowest BCUT2D eigenvalue weighted by Crippen LogP contribution is -2.34. The number of hydrogen-bond donors (Lipinski definition) is 3. The zero-order valence-corrected chi connectivity index (χ0v) is 15.6. The highest BCUT2D eigenvalue weighted by Gasteiger charge is 2.12. The average molecular weight is 356 g/mol. The van der Waals surface area contributed by atoms with Gasteiger partial charge in [-0.1, -0.05) is 57.2 Å². The summed E-state index contributed by atoms with van der Waals surface area (Å²) in [6.45, 7) is 7.71. The highest BCUT2D eigenvalue weighted by molar-refractivity contribution is 7.80. The molecule has 132 valence electrons. The Kier molecular flexibility index (Phi) is 6.15. The molecule has 0 bridgehead atoms. The monoisotopic (exact) mass is 356 g/mol. The van der Waals surface area contributed by atoms with Crippen molar-refractivity contribution in [1.82, 2.24) is 10.6 Å². The van der Waals surface area contributed by atoms with Gasteiger partial charge in [0.1, 0.15) is 0 Å². The van der Waals surface area contributed by atoms with Gasteiger partial charge in [0, 0.05) is 13.1 Å². The fourth-order valence-corrected chi connectivity index (χ4v) is 2.51. The molecule has 2 rings (SSSR count). The number of carboxylic acid groups (broad SMARTS) is 1. The molecule has 0 aliphatic rings. The van der Waals surface area contributed by atoms with Crippen LogP contribution in [0.5, 0.6) is 0 Å². The highest BCUT2D eigenvalue weighted by atomic mass is 32.1. The van der Waals surface area contributed by atoms with Gasteiger partial charge in [-0.2, -0.15) is 0 Å². The van der Waals surface area contributed by atoms with E-state index in [1.807, 2.05) is 6.07 Å². The van der Waals surface area contributed by atoms with Crippen LogP contribution >= 0.6 is 12.2 Å². The van der Waals surface area contributed by atoms with Crippen molar-refractivity contribution in [1.29, 1.82) is 0 Å². The van der Waals surface area contributed by atoms with Crippen LogP contribution in [0.15, 0.2) is 48.5 Å². The third-order valence-corrected chi connectivity index (χ3v) is 4.19. The Balaban J connectivity index is 1.83. The molecule has 3 N–H and O–H groups in total. The zero-order valence-electron chi connectivity index (χ0n) is 14.8. The van der Waals surface area contributed by atoms with Gasteiger partial charge in [0.15, 0.2) is 5.11 Å². The number of rotatable bonds is 5. The van der Waals surface area contributed by atoms with E-state index in [1.54, 1.807) is 18.2 Å². The summed E-state index contributed by atoms with van der Waals surface area (Å²) < 4.78 is 0. The van der Waals surface area contributed by atoms with E-state index in [0.29, 0.717) is 18.2 Å². The maximum absolute atomic E-state index is 11.0. The summed E-state index contributed by atoms with van der Waals surface area (Å²) >= 11 is 5.28. The van der Waals surface area contributed by atoms with E-state index >= 15 is 0 Å². The van der Waals surface area contributed by atoms with E-state index in [0.717, 1.165) is 11.1 Å². The molecule has 0 fully saturated rings. The van der Waals surface area contributed by atoms with Crippen LogP contribution in [0.25, 0.3) is 0 Å². The van der Waals surface area contributed by atoms with Gasteiger partial charge >= 0.3 is 5.97 Å². The molecule has 2 aromatic carbocycles. The van der Waals surface area contributed by atoms with E-state index in [1.165, 1.54) is 5.56 Å². The zero-order chi connectivity index (χ0) is 18.4. The quantitative estimate of drug-likeness (QED) is 0.711. The van der Waals surface area contributed by atoms with Crippen LogP contribution in [0.1, 0.15) is 47.8 Å². The summed E-state index contributed by atoms with van der Waals surface area (Å²) in [6.07, 6.45) is 0. The molecule has 5 heteroatoms. The first-order valence-electron chi connectivity index (χ1n) is 8.19. The molecule has 0 aliphatic heterocycles. The van der Waals surface area contributed by atoms with Gasteiger partial charge in [-0.3, -0.25) is 0 Å². The molecule has 0 saturated heterocycles. The van der Waals surface area contributed by atoms with Crippen molar-refractivity contribution in [2.45, 2.75) is 39.3 Å². The summed E-state index contributed by atoms with van der Waals surface area (Å²) in [7, 11) is 0. The van der Waals surface area contributed by atoms with Crippen molar-refractivity contribution in [2.75, 3.05) is 0 Å². The number of carbonyl (C=O) groups is 1. The molecule has 0 saturated carbocycles. The number of carboxylic acids is 1. The standard InChI is InChI=1S/C20H24N2O2S/c1-20(2,3)17-9-7-14(8-10-17)12-21-19(25)22-13-15-5-4-6-16(11-15)18(23)24/h4-11H,12-13H2,1-3H3,(H,23,24)(H2,21,22,25). The summed E-state index contributed by atoms with van der Waals surface area (Å²) in [5.74, 6) is -0.929. The van der Waals surface area contributed by atoms with Gasteiger partial charge < -0.3 is 15.7 Å². The number of aromatic carboxylic acids is 1. The van der Waals surface area contributed by atoms with Crippen LogP contribution < -0.4 is 10.6 Å². The van der Waals surface area contributed by atoms with E-state index in [2.05, 4.69) is 55.7 Å². The maximum Gasteiger partial charge on any atom is 0.335 e. The third kappa shape index (κ3) is 5.87. The van der Waals surface area contributed by atoms with E-state index in [9.17, 15) is 4.79 Å². The first kappa shape index (κ1) is 18.9. The van der Waals surface area contributed by atoms with Gasteiger partial charge in [0.25, 0.3) is 0 Å². The normalized spacial score (nSPS) is 11.0. The fraction of sp³-hybridized carbons (Fsp3) is 0.300. The predicted molar refractivity (Wildman–Crippen MR) is 105 cm³/mol. The Morgan fingerprint density at radius 2 is 1.60 bits per heavy atom. The second-order valence-corrected chi connectivity index (χ2v) is 7.40. The number of hydrogen-bond acceptors (Lipinski definition) is 2. The van der Waals surface area contributed by atoms with Gasteiger partial charge in [-0.05, 0) is 46.5 Å². The lowest BCUT2D eigenvalue weighted by Gasteiger charge is -2.19. The van der Waals surface area contributed by atoms with Crippen molar-refractivity contribution < 1.29 is 9.90 Å². The van der Waals surface area contributed by atoms with Crippen LogP contribution in [-0.2, 0) is 18.5 Å². The Bertz CT molecular complexity index is 749. The molecular weight excluding hydrogens is 332 g/mol. The molecule has 25 heavy (non-hydrogen) atoms. The minimum atomic E-state index is -0.929. The second-order valence-electron chi connectivity index (χ2n) is 6.99. The van der Waals surface area contributed by atoms with Gasteiger partial charge in [-0.15, -0.1) is 0 Å². The Hall–Kier alpha value is -2.40. The minimum absolute atomic E-state index is 0.146. The van der Waals surface area contributed by atoms with Crippen molar-refractivity contribution in [3.05, 3.63) is 70.8 Å². The molecule has 0 spiro atoms. The second kappa shape index (κ2) is 8.12. The number of benzene rings is 2. The van der Waals surface area contributed by atoms with Crippen molar-refractivity contribution >= 4 is 23.3 Å². The van der Waals surface area contributed by atoms with Crippen LogP contribution in [-0.4, -0.2) is 16.2 Å². The molecule has 2 aromatic rings. The lowest BCUT2D eigenvalue weighted by molar-refractivity contribution is 0.0696. The summed E-state index contributed by atoms with van der Waals surface area (Å²) in [5, 5.41) is 15.8. The Labute approximate surface area is 154 Å². The van der Waals surface area contributed by atoms with Gasteiger partial charge in [-0.25, -0.2) is 4.79 Å². The Morgan fingerprint density at radius 3 is 2.16 bits per heavy atom. The third-order valence-electron chi connectivity index (χ3n) is 3.90. The van der Waals surface area contributed by atoms with Gasteiger partial charge in [0.2, 0.25) is 0 Å². The number of nitrogens with one attached hydrogen (secondary N) is 2. The highest BCUT2D eigenvalue weighted by Crippen LogP contribution is 2.22. The van der Waals surface area contributed by atoms with Gasteiger partial charge in [0.05, 0.1) is 5.56 Å². The number of thiocarbonyl (C=S) groups is 1. The van der Waals surface area contributed by atoms with Crippen molar-refractivity contribution in [2.24, 2.45) is 0 Å². The molecule has 4 nitrogen and oxygen atoms in total. The maximum atomic E-state index is 11.0. The molecule has 0 aromatic heterocycles. The predicted octanol–water partition coefficient (Wildman–Crippen LogP) is 3.85. The molecular formula is C20H24N2O2S. The smallest absolute Gasteiger partial charge is 0.335 e. The summed E-state index contributed by atoms with van der Waals surface area (Å²) in [5.41, 5.74) is 3.75. The summed E-state index contributed by atoms with van der Waals surface area (Å²) in [4.78, 5) is 11.0.